The van der Waals surface area contributed by atoms with Gasteiger partial charge in [0, 0.05) is 13.0 Å². The van der Waals surface area contributed by atoms with Gasteiger partial charge in [-0.2, -0.15) is 0 Å². The monoisotopic (exact) mass is 396 g/mol. The molecular formula is C20H17ClN4O3. The summed E-state index contributed by atoms with van der Waals surface area (Å²) in [6.07, 6.45) is 0.251. The molecule has 28 heavy (non-hydrogen) atoms. The Hall–Kier alpha value is -3.19. The molecule has 1 amide bonds. The quantitative estimate of drug-likeness (QED) is 0.735. The molecule has 0 spiro atoms. The van der Waals surface area contributed by atoms with Crippen molar-refractivity contribution in [3.63, 3.8) is 0 Å². The number of hydrogen-bond acceptors (Lipinski definition) is 4. The zero-order valence-corrected chi connectivity index (χ0v) is 15.8. The first-order valence-corrected chi connectivity index (χ1v) is 9.12. The van der Waals surface area contributed by atoms with Crippen LogP contribution < -0.4 is 0 Å². The number of amides is 1. The molecule has 2 aromatic carbocycles. The summed E-state index contributed by atoms with van der Waals surface area (Å²) in [4.78, 5) is 30.5. The Bertz CT molecular complexity index is 1080. The molecule has 0 fully saturated rings. The van der Waals surface area contributed by atoms with Gasteiger partial charge in [0.25, 0.3) is 5.91 Å². The summed E-state index contributed by atoms with van der Waals surface area (Å²) in [7, 11) is 0. The summed E-state index contributed by atoms with van der Waals surface area (Å²) in [6.45, 7) is 1.92. The summed E-state index contributed by atoms with van der Waals surface area (Å²) in [6, 6.07) is 13.7. The third kappa shape index (κ3) is 3.14. The molecule has 8 heteroatoms. The topological polar surface area (TPSA) is 88.3 Å². The van der Waals surface area contributed by atoms with E-state index in [9.17, 15) is 14.7 Å². The number of nitrogens with zero attached hydrogens (tertiary/aromatic N) is 4. The Kier molecular flexibility index (Phi) is 4.60. The minimum Gasteiger partial charge on any atom is -0.480 e. The van der Waals surface area contributed by atoms with Gasteiger partial charge in [0.1, 0.15) is 11.9 Å². The maximum absolute atomic E-state index is 13.1. The van der Waals surface area contributed by atoms with Crippen LogP contribution in [0.4, 0.5) is 0 Å². The zero-order valence-electron chi connectivity index (χ0n) is 15.0. The van der Waals surface area contributed by atoms with Crippen LogP contribution in [0.2, 0.25) is 5.02 Å². The summed E-state index contributed by atoms with van der Waals surface area (Å²) in [5, 5.41) is 14.4. The standard InChI is InChI=1S/C20H17ClN4O3/c1-12-22-18(23-25(12)16-9-5-4-8-15(16)21)19(26)24-11-14-7-3-2-6-13(14)10-17(24)20(27)28/h2-9,17H,10-11H2,1H3,(H,27,28)/t17-/m0/s1. The lowest BCUT2D eigenvalue weighted by Gasteiger charge is -2.33. The van der Waals surface area contributed by atoms with Gasteiger partial charge in [0.15, 0.2) is 0 Å². The largest absolute Gasteiger partial charge is 0.480 e. The van der Waals surface area contributed by atoms with Gasteiger partial charge >= 0.3 is 5.97 Å². The van der Waals surface area contributed by atoms with Crippen molar-refractivity contribution in [2.75, 3.05) is 0 Å². The molecule has 0 unspecified atom stereocenters. The number of fused-ring (bicyclic) bond motifs is 1. The van der Waals surface area contributed by atoms with Gasteiger partial charge in [0.2, 0.25) is 5.82 Å². The van der Waals surface area contributed by atoms with E-state index in [1.807, 2.05) is 30.3 Å². The first-order chi connectivity index (χ1) is 13.5. The second kappa shape index (κ2) is 7.09. The molecule has 7 nitrogen and oxygen atoms in total. The van der Waals surface area contributed by atoms with E-state index in [0.29, 0.717) is 16.5 Å². The van der Waals surface area contributed by atoms with Gasteiger partial charge in [-0.3, -0.25) is 4.79 Å². The Morgan fingerprint density at radius 3 is 2.50 bits per heavy atom. The second-order valence-electron chi connectivity index (χ2n) is 6.61. The smallest absolute Gasteiger partial charge is 0.326 e. The van der Waals surface area contributed by atoms with Crippen LogP contribution in [0.15, 0.2) is 48.5 Å². The van der Waals surface area contributed by atoms with Gasteiger partial charge in [-0.15, -0.1) is 5.10 Å². The van der Waals surface area contributed by atoms with Crippen molar-refractivity contribution in [2.24, 2.45) is 0 Å². The molecule has 0 aliphatic carbocycles. The highest BCUT2D eigenvalue weighted by Gasteiger charge is 2.36. The van der Waals surface area contributed by atoms with Crippen molar-refractivity contribution in [3.8, 4) is 5.69 Å². The van der Waals surface area contributed by atoms with E-state index >= 15 is 0 Å². The molecule has 1 atom stereocenters. The van der Waals surface area contributed by atoms with Crippen molar-refractivity contribution in [3.05, 3.63) is 76.3 Å². The van der Waals surface area contributed by atoms with Crippen LogP contribution in [0.25, 0.3) is 5.69 Å². The highest BCUT2D eigenvalue weighted by molar-refractivity contribution is 6.32. The van der Waals surface area contributed by atoms with E-state index in [1.165, 1.54) is 9.58 Å². The average molecular weight is 397 g/mol. The third-order valence-corrected chi connectivity index (χ3v) is 5.15. The number of benzene rings is 2. The molecule has 0 saturated carbocycles. The second-order valence-corrected chi connectivity index (χ2v) is 7.01. The number of hydrogen-bond donors (Lipinski definition) is 1. The Morgan fingerprint density at radius 1 is 1.11 bits per heavy atom. The van der Waals surface area contributed by atoms with Gasteiger partial charge < -0.3 is 10.0 Å². The molecule has 1 aromatic heterocycles. The summed E-state index contributed by atoms with van der Waals surface area (Å²) < 4.78 is 1.49. The zero-order chi connectivity index (χ0) is 19.8. The van der Waals surface area contributed by atoms with Crippen LogP contribution in [0, 0.1) is 6.92 Å². The molecule has 1 aliphatic rings. The molecule has 0 saturated heterocycles. The van der Waals surface area contributed by atoms with Gasteiger partial charge in [-0.25, -0.2) is 14.5 Å². The minimum atomic E-state index is -1.05. The van der Waals surface area contributed by atoms with Crippen molar-refractivity contribution >= 4 is 23.5 Å². The molecule has 0 bridgehead atoms. The number of aromatic nitrogens is 3. The maximum Gasteiger partial charge on any atom is 0.326 e. The van der Waals surface area contributed by atoms with E-state index in [1.54, 1.807) is 25.1 Å². The number of rotatable bonds is 3. The third-order valence-electron chi connectivity index (χ3n) is 4.84. The number of carboxylic acid groups (broad SMARTS) is 1. The van der Waals surface area contributed by atoms with Gasteiger partial charge in [0.05, 0.1) is 10.7 Å². The molecule has 3 aromatic rings. The highest BCUT2D eigenvalue weighted by atomic mass is 35.5. The average Bonchev–Trinajstić information content (AvgIpc) is 3.08. The van der Waals surface area contributed by atoms with E-state index in [0.717, 1.165) is 11.1 Å². The number of para-hydroxylation sites is 1. The fraction of sp³-hybridized carbons (Fsp3) is 0.200. The van der Waals surface area contributed by atoms with E-state index < -0.39 is 17.9 Å². The van der Waals surface area contributed by atoms with Crippen LogP contribution in [-0.2, 0) is 17.8 Å². The van der Waals surface area contributed by atoms with Crippen molar-refractivity contribution in [1.82, 2.24) is 19.7 Å². The molecule has 1 N–H and O–H groups in total. The minimum absolute atomic E-state index is 0.0527. The Balaban J connectivity index is 1.70. The SMILES string of the molecule is Cc1nc(C(=O)N2Cc3ccccc3C[C@H]2C(=O)O)nn1-c1ccccc1Cl. The lowest BCUT2D eigenvalue weighted by atomic mass is 9.94. The number of aryl methyl sites for hydroxylation is 1. The number of carboxylic acids is 1. The van der Waals surface area contributed by atoms with Crippen LogP contribution >= 0.6 is 11.6 Å². The van der Waals surface area contributed by atoms with Gasteiger partial charge in [-0.1, -0.05) is 48.0 Å². The Labute approximate surface area is 166 Å². The first-order valence-electron chi connectivity index (χ1n) is 8.75. The van der Waals surface area contributed by atoms with Crippen LogP contribution in [0.5, 0.6) is 0 Å². The first kappa shape index (κ1) is 18.2. The number of halogens is 1. The van der Waals surface area contributed by atoms with Crippen molar-refractivity contribution in [2.45, 2.75) is 25.9 Å². The molecule has 0 radical (unpaired) electrons. The number of aliphatic carboxylic acids is 1. The van der Waals surface area contributed by atoms with Crippen LogP contribution in [0.1, 0.15) is 27.6 Å². The lowest BCUT2D eigenvalue weighted by molar-refractivity contribution is -0.142. The summed E-state index contributed by atoms with van der Waals surface area (Å²) in [5.74, 6) is -1.13. The maximum atomic E-state index is 13.1. The summed E-state index contributed by atoms with van der Waals surface area (Å²) in [5.41, 5.74) is 2.47. The predicted octanol–water partition coefficient (Wildman–Crippen LogP) is 2.88. The molecular weight excluding hydrogens is 380 g/mol. The van der Waals surface area contributed by atoms with Crippen molar-refractivity contribution < 1.29 is 14.7 Å². The van der Waals surface area contributed by atoms with Crippen LogP contribution in [-0.4, -0.2) is 42.7 Å². The molecule has 142 valence electrons. The molecule has 4 rings (SSSR count). The fourth-order valence-corrected chi connectivity index (χ4v) is 3.63. The van der Waals surface area contributed by atoms with E-state index in [2.05, 4.69) is 10.1 Å². The van der Waals surface area contributed by atoms with E-state index in [4.69, 9.17) is 11.6 Å². The Morgan fingerprint density at radius 2 is 1.79 bits per heavy atom. The normalized spacial score (nSPS) is 15.9. The molecule has 1 aliphatic heterocycles. The van der Waals surface area contributed by atoms with E-state index in [-0.39, 0.29) is 18.8 Å². The highest BCUT2D eigenvalue weighted by Crippen LogP contribution is 2.25. The van der Waals surface area contributed by atoms with Crippen LogP contribution in [0.3, 0.4) is 0 Å². The predicted molar refractivity (Wildman–Crippen MR) is 103 cm³/mol. The summed E-state index contributed by atoms with van der Waals surface area (Å²) >= 11 is 6.23. The van der Waals surface area contributed by atoms with Crippen molar-refractivity contribution in [1.29, 1.82) is 0 Å². The number of carbonyl (C=O) groups is 2. The fourth-order valence-electron chi connectivity index (χ4n) is 3.42. The molecule has 2 heterocycles. The number of carbonyl (C=O) groups excluding carboxylic acids is 1. The lowest BCUT2D eigenvalue weighted by Crippen LogP contribution is -2.49. The van der Waals surface area contributed by atoms with Gasteiger partial charge in [-0.05, 0) is 30.2 Å².